The van der Waals surface area contributed by atoms with Gasteiger partial charge in [0.25, 0.3) is 0 Å². The first kappa shape index (κ1) is 13.7. The Balaban J connectivity index is 1.61. The van der Waals surface area contributed by atoms with Gasteiger partial charge in [0, 0.05) is 29.5 Å². The fourth-order valence-corrected chi connectivity index (χ4v) is 3.36. The van der Waals surface area contributed by atoms with Crippen LogP contribution in [0.25, 0.3) is 0 Å². The van der Waals surface area contributed by atoms with E-state index in [2.05, 4.69) is 27.4 Å². The third-order valence-electron chi connectivity index (χ3n) is 2.67. The number of nitrogens with two attached hydrogens (primary N) is 1. The average molecular weight is 285 g/mol. The number of hydrogen-bond acceptors (Lipinski definition) is 4. The molecule has 1 fully saturated rings. The minimum absolute atomic E-state index is 0.662. The zero-order chi connectivity index (χ0) is 12.6. The summed E-state index contributed by atoms with van der Waals surface area (Å²) in [6.45, 7) is 4.02. The normalized spacial score (nSPS) is 17.1. The van der Waals surface area contributed by atoms with Crippen LogP contribution < -0.4 is 5.73 Å². The van der Waals surface area contributed by atoms with Crippen molar-refractivity contribution in [3.05, 3.63) is 22.4 Å². The van der Waals surface area contributed by atoms with Gasteiger partial charge in [-0.3, -0.25) is 4.99 Å². The van der Waals surface area contributed by atoms with E-state index >= 15 is 0 Å². The minimum Gasteiger partial charge on any atom is -0.378 e. The number of nitrogens with zero attached hydrogens (tertiary/aromatic N) is 2. The number of ether oxygens (including phenoxy) is 1. The van der Waals surface area contributed by atoms with Gasteiger partial charge in [0.05, 0.1) is 19.8 Å². The van der Waals surface area contributed by atoms with E-state index in [1.807, 2.05) is 11.8 Å². The van der Waals surface area contributed by atoms with Gasteiger partial charge in [-0.15, -0.1) is 11.3 Å². The van der Waals surface area contributed by atoms with Crippen molar-refractivity contribution >= 4 is 29.1 Å². The summed E-state index contributed by atoms with van der Waals surface area (Å²) in [6, 6.07) is 4.26. The highest BCUT2D eigenvalue weighted by Crippen LogP contribution is 2.16. The summed E-state index contributed by atoms with van der Waals surface area (Å²) >= 11 is 3.71. The van der Waals surface area contributed by atoms with Gasteiger partial charge in [0.1, 0.15) is 0 Å². The summed E-state index contributed by atoms with van der Waals surface area (Å²) in [7, 11) is 0. The Morgan fingerprint density at radius 1 is 1.50 bits per heavy atom. The molecule has 0 amide bonds. The fraction of sp³-hybridized carbons (Fsp3) is 0.583. The number of rotatable bonds is 5. The first-order chi connectivity index (χ1) is 8.86. The van der Waals surface area contributed by atoms with Crippen molar-refractivity contribution in [3.63, 3.8) is 0 Å². The molecule has 0 saturated carbocycles. The van der Waals surface area contributed by atoms with E-state index in [0.717, 1.165) is 44.4 Å². The van der Waals surface area contributed by atoms with Gasteiger partial charge >= 0.3 is 0 Å². The first-order valence-electron chi connectivity index (χ1n) is 6.09. The summed E-state index contributed by atoms with van der Waals surface area (Å²) in [4.78, 5) is 7.93. The Morgan fingerprint density at radius 3 is 3.06 bits per heavy atom. The zero-order valence-electron chi connectivity index (χ0n) is 10.4. The van der Waals surface area contributed by atoms with E-state index in [1.165, 1.54) is 4.88 Å². The molecule has 1 aromatic rings. The maximum atomic E-state index is 5.94. The molecule has 2 rings (SSSR count). The Morgan fingerprint density at radius 2 is 2.33 bits per heavy atom. The number of thiophene rings is 1. The molecule has 1 aliphatic rings. The van der Waals surface area contributed by atoms with E-state index in [1.54, 1.807) is 11.3 Å². The van der Waals surface area contributed by atoms with Crippen molar-refractivity contribution in [2.45, 2.75) is 5.75 Å². The van der Waals surface area contributed by atoms with Crippen LogP contribution in [0, 0.1) is 0 Å². The van der Waals surface area contributed by atoms with Crippen LogP contribution in [-0.4, -0.2) is 49.5 Å². The Labute approximate surface area is 116 Å². The van der Waals surface area contributed by atoms with Crippen LogP contribution >= 0.6 is 23.1 Å². The number of guanidine groups is 1. The van der Waals surface area contributed by atoms with Gasteiger partial charge in [-0.1, -0.05) is 6.07 Å². The number of morpholine rings is 1. The fourth-order valence-electron chi connectivity index (χ4n) is 1.68. The van der Waals surface area contributed by atoms with Gasteiger partial charge in [-0.2, -0.15) is 11.8 Å². The third-order valence-corrected chi connectivity index (χ3v) is 4.71. The molecule has 0 radical (unpaired) electrons. The summed E-state index contributed by atoms with van der Waals surface area (Å²) < 4.78 is 5.28. The molecule has 0 spiro atoms. The lowest BCUT2D eigenvalue weighted by molar-refractivity contribution is 0.0674. The van der Waals surface area contributed by atoms with Crippen molar-refractivity contribution in [1.82, 2.24) is 4.90 Å². The van der Waals surface area contributed by atoms with Crippen LogP contribution in [0.15, 0.2) is 22.5 Å². The SMILES string of the molecule is NC(=NCCSCc1cccs1)N1CCOCC1. The molecule has 6 heteroatoms. The van der Waals surface area contributed by atoms with E-state index in [9.17, 15) is 0 Å². The van der Waals surface area contributed by atoms with Gasteiger partial charge in [-0.25, -0.2) is 0 Å². The summed E-state index contributed by atoms with van der Waals surface area (Å²) in [5.41, 5.74) is 5.94. The standard InChI is InChI=1S/C12H19N3OS2/c13-12(15-4-6-16-7-5-15)14-3-9-17-10-11-2-1-8-18-11/h1-2,8H,3-7,9-10H2,(H2,13,14). The second kappa shape index (κ2) is 7.66. The smallest absolute Gasteiger partial charge is 0.191 e. The molecule has 2 N–H and O–H groups in total. The predicted molar refractivity (Wildman–Crippen MR) is 79.4 cm³/mol. The highest BCUT2D eigenvalue weighted by molar-refractivity contribution is 7.98. The Kier molecular flexibility index (Phi) is 5.83. The van der Waals surface area contributed by atoms with E-state index in [4.69, 9.17) is 10.5 Å². The molecule has 1 aliphatic heterocycles. The van der Waals surface area contributed by atoms with Crippen molar-refractivity contribution in [1.29, 1.82) is 0 Å². The largest absolute Gasteiger partial charge is 0.378 e. The number of aliphatic imine (C=N–C) groups is 1. The minimum atomic E-state index is 0.662. The lowest BCUT2D eigenvalue weighted by atomic mass is 10.4. The summed E-state index contributed by atoms with van der Waals surface area (Å²) in [5, 5.41) is 2.12. The first-order valence-corrected chi connectivity index (χ1v) is 8.12. The van der Waals surface area contributed by atoms with Crippen molar-refractivity contribution in [3.8, 4) is 0 Å². The van der Waals surface area contributed by atoms with E-state index in [-0.39, 0.29) is 0 Å². The van der Waals surface area contributed by atoms with Crippen molar-refractivity contribution in [2.75, 3.05) is 38.6 Å². The summed E-state index contributed by atoms with van der Waals surface area (Å²) in [6.07, 6.45) is 0. The lowest BCUT2D eigenvalue weighted by Crippen LogP contribution is -2.44. The molecule has 1 saturated heterocycles. The van der Waals surface area contributed by atoms with Crippen LogP contribution in [0.5, 0.6) is 0 Å². The molecule has 1 aromatic heterocycles. The van der Waals surface area contributed by atoms with Crippen LogP contribution in [0.3, 0.4) is 0 Å². The highest BCUT2D eigenvalue weighted by atomic mass is 32.2. The topological polar surface area (TPSA) is 50.8 Å². The average Bonchev–Trinajstić information content (AvgIpc) is 2.92. The van der Waals surface area contributed by atoms with Gasteiger partial charge in [0.15, 0.2) is 5.96 Å². The van der Waals surface area contributed by atoms with Crippen LogP contribution in [0.4, 0.5) is 0 Å². The molecule has 0 aromatic carbocycles. The molecule has 0 bridgehead atoms. The number of thioether (sulfide) groups is 1. The highest BCUT2D eigenvalue weighted by Gasteiger charge is 2.11. The Bertz CT molecular complexity index is 361. The zero-order valence-corrected chi connectivity index (χ0v) is 12.0. The quantitative estimate of drug-likeness (QED) is 0.507. The van der Waals surface area contributed by atoms with Crippen LogP contribution in [0.2, 0.25) is 0 Å². The summed E-state index contributed by atoms with van der Waals surface area (Å²) in [5.74, 6) is 2.75. The monoisotopic (exact) mass is 285 g/mol. The third kappa shape index (κ3) is 4.51. The van der Waals surface area contributed by atoms with E-state index < -0.39 is 0 Å². The van der Waals surface area contributed by atoms with Crippen LogP contribution in [-0.2, 0) is 10.5 Å². The maximum absolute atomic E-state index is 5.94. The Hall–Kier alpha value is -0.720. The molecule has 0 atom stereocenters. The molecule has 4 nitrogen and oxygen atoms in total. The van der Waals surface area contributed by atoms with E-state index in [0.29, 0.717) is 5.96 Å². The van der Waals surface area contributed by atoms with Gasteiger partial charge in [0.2, 0.25) is 0 Å². The number of hydrogen-bond donors (Lipinski definition) is 1. The predicted octanol–water partition coefficient (Wildman–Crippen LogP) is 1.63. The molecule has 0 aliphatic carbocycles. The molecular weight excluding hydrogens is 266 g/mol. The molecule has 2 heterocycles. The van der Waals surface area contributed by atoms with Crippen LogP contribution in [0.1, 0.15) is 4.88 Å². The molecule has 18 heavy (non-hydrogen) atoms. The second-order valence-corrected chi connectivity index (χ2v) is 6.11. The van der Waals surface area contributed by atoms with Crippen molar-refractivity contribution in [2.24, 2.45) is 10.7 Å². The maximum Gasteiger partial charge on any atom is 0.191 e. The van der Waals surface area contributed by atoms with Gasteiger partial charge < -0.3 is 15.4 Å². The second-order valence-electron chi connectivity index (χ2n) is 3.97. The molecule has 0 unspecified atom stereocenters. The molecule has 100 valence electrons. The molecular formula is C12H19N3OS2. The van der Waals surface area contributed by atoms with Gasteiger partial charge in [-0.05, 0) is 11.4 Å². The van der Waals surface area contributed by atoms with Crippen molar-refractivity contribution < 1.29 is 4.74 Å². The lowest BCUT2D eigenvalue weighted by Gasteiger charge is -2.27.